The second-order valence-corrected chi connectivity index (χ2v) is 6.08. The van der Waals surface area contributed by atoms with Crippen LogP contribution in [-0.2, 0) is 10.2 Å². The first-order chi connectivity index (χ1) is 8.15. The van der Waals surface area contributed by atoms with Gasteiger partial charge in [-0.15, -0.1) is 0 Å². The molecule has 1 heterocycles. The molecular formula is C14H16BrNO. The molecule has 2 aliphatic rings. The number of hydrogen-bond donors (Lipinski definition) is 0. The highest BCUT2D eigenvalue weighted by Gasteiger charge is 2.49. The van der Waals surface area contributed by atoms with Crippen molar-refractivity contribution in [2.75, 3.05) is 11.9 Å². The van der Waals surface area contributed by atoms with Crippen molar-refractivity contribution in [3.05, 3.63) is 28.2 Å². The molecule has 0 N–H and O–H groups in total. The van der Waals surface area contributed by atoms with Crippen LogP contribution in [0, 0.1) is 0 Å². The van der Waals surface area contributed by atoms with Gasteiger partial charge in [-0.2, -0.15) is 0 Å². The van der Waals surface area contributed by atoms with Gasteiger partial charge in [-0.05, 0) is 30.5 Å². The summed E-state index contributed by atoms with van der Waals surface area (Å²) in [6, 6.07) is 6.25. The quantitative estimate of drug-likeness (QED) is 0.715. The molecular weight excluding hydrogens is 278 g/mol. The number of hydrogen-bond acceptors (Lipinski definition) is 1. The van der Waals surface area contributed by atoms with Gasteiger partial charge >= 0.3 is 0 Å². The van der Waals surface area contributed by atoms with Crippen LogP contribution in [0.25, 0.3) is 0 Å². The maximum absolute atomic E-state index is 12.6. The van der Waals surface area contributed by atoms with E-state index >= 15 is 0 Å². The van der Waals surface area contributed by atoms with Gasteiger partial charge < -0.3 is 4.90 Å². The second-order valence-electron chi connectivity index (χ2n) is 5.17. The van der Waals surface area contributed by atoms with Gasteiger partial charge in [-0.25, -0.2) is 0 Å². The maximum atomic E-state index is 12.6. The van der Waals surface area contributed by atoms with Crippen molar-refractivity contribution in [3.8, 4) is 0 Å². The van der Waals surface area contributed by atoms with E-state index in [0.29, 0.717) is 5.91 Å². The Bertz CT molecular complexity index is 477. The molecule has 3 heteroatoms. The van der Waals surface area contributed by atoms with E-state index in [1.54, 1.807) is 0 Å². The number of nitrogens with zero attached hydrogens (tertiary/aromatic N) is 1. The minimum Gasteiger partial charge on any atom is -0.314 e. The SMILES string of the molecule is CN1C(=O)C2(CCCCC2)c2ccc(Br)cc21. The average Bonchev–Trinajstić information content (AvgIpc) is 2.54. The minimum absolute atomic E-state index is 0.205. The molecule has 0 unspecified atom stereocenters. The summed E-state index contributed by atoms with van der Waals surface area (Å²) in [6.45, 7) is 0. The van der Waals surface area contributed by atoms with Crippen LogP contribution < -0.4 is 4.90 Å². The Morgan fingerprint density at radius 2 is 1.94 bits per heavy atom. The second kappa shape index (κ2) is 3.84. The third-order valence-corrected chi connectivity index (χ3v) is 4.75. The highest BCUT2D eigenvalue weighted by atomic mass is 79.9. The van der Waals surface area contributed by atoms with Crippen molar-refractivity contribution < 1.29 is 4.79 Å². The van der Waals surface area contributed by atoms with Crippen LogP contribution in [0.15, 0.2) is 22.7 Å². The standard InChI is InChI=1S/C14H16BrNO/c1-16-12-9-10(15)5-6-11(12)14(13(16)17)7-3-2-4-8-14/h5-6,9H,2-4,7-8H2,1H3. The summed E-state index contributed by atoms with van der Waals surface area (Å²) < 4.78 is 1.05. The predicted molar refractivity (Wildman–Crippen MR) is 72.3 cm³/mol. The number of anilines is 1. The van der Waals surface area contributed by atoms with Crippen LogP contribution in [0.4, 0.5) is 5.69 Å². The zero-order valence-electron chi connectivity index (χ0n) is 10.0. The molecule has 1 aromatic carbocycles. The van der Waals surface area contributed by atoms with Gasteiger partial charge in [0, 0.05) is 17.2 Å². The van der Waals surface area contributed by atoms with Gasteiger partial charge in [-0.1, -0.05) is 41.3 Å². The summed E-state index contributed by atoms with van der Waals surface area (Å²) in [6.07, 6.45) is 5.66. The number of carbonyl (C=O) groups is 1. The lowest BCUT2D eigenvalue weighted by Crippen LogP contribution is -2.40. The highest BCUT2D eigenvalue weighted by Crippen LogP contribution is 2.50. The molecule has 1 spiro atoms. The Morgan fingerprint density at radius 1 is 1.24 bits per heavy atom. The van der Waals surface area contributed by atoms with Crippen LogP contribution in [0.2, 0.25) is 0 Å². The van der Waals surface area contributed by atoms with Gasteiger partial charge in [0.25, 0.3) is 0 Å². The molecule has 1 amide bonds. The number of fused-ring (bicyclic) bond motifs is 2. The van der Waals surface area contributed by atoms with E-state index in [9.17, 15) is 4.79 Å². The summed E-state index contributed by atoms with van der Waals surface area (Å²) in [4.78, 5) is 14.4. The minimum atomic E-state index is -0.205. The highest BCUT2D eigenvalue weighted by molar-refractivity contribution is 9.10. The molecule has 1 saturated carbocycles. The Balaban J connectivity index is 2.16. The van der Waals surface area contributed by atoms with E-state index in [4.69, 9.17) is 0 Å². The van der Waals surface area contributed by atoms with Crippen molar-refractivity contribution in [2.24, 2.45) is 0 Å². The Morgan fingerprint density at radius 3 is 2.65 bits per heavy atom. The van der Waals surface area contributed by atoms with E-state index in [1.807, 2.05) is 11.9 Å². The molecule has 2 nitrogen and oxygen atoms in total. The molecule has 1 fully saturated rings. The molecule has 0 bridgehead atoms. The van der Waals surface area contributed by atoms with E-state index in [1.165, 1.54) is 24.8 Å². The fraction of sp³-hybridized carbons (Fsp3) is 0.500. The van der Waals surface area contributed by atoms with Gasteiger partial charge in [0.05, 0.1) is 5.41 Å². The largest absolute Gasteiger partial charge is 0.314 e. The molecule has 0 atom stereocenters. The molecule has 17 heavy (non-hydrogen) atoms. The summed E-state index contributed by atoms with van der Waals surface area (Å²) in [5.74, 6) is 0.297. The Hall–Kier alpha value is -0.830. The van der Waals surface area contributed by atoms with E-state index in [2.05, 4.69) is 34.1 Å². The summed E-state index contributed by atoms with van der Waals surface area (Å²) >= 11 is 3.49. The molecule has 1 aliphatic heterocycles. The lowest BCUT2D eigenvalue weighted by atomic mass is 9.70. The van der Waals surface area contributed by atoms with Crippen molar-refractivity contribution in [3.63, 3.8) is 0 Å². The molecule has 0 radical (unpaired) electrons. The van der Waals surface area contributed by atoms with Crippen LogP contribution >= 0.6 is 15.9 Å². The van der Waals surface area contributed by atoms with Crippen molar-refractivity contribution in [1.82, 2.24) is 0 Å². The number of rotatable bonds is 0. The van der Waals surface area contributed by atoms with Gasteiger partial charge in [0.15, 0.2) is 0 Å². The van der Waals surface area contributed by atoms with E-state index in [-0.39, 0.29) is 5.41 Å². The number of carbonyl (C=O) groups excluding carboxylic acids is 1. The molecule has 0 saturated heterocycles. The zero-order chi connectivity index (χ0) is 12.0. The lowest BCUT2D eigenvalue weighted by Gasteiger charge is -2.32. The van der Waals surface area contributed by atoms with Gasteiger partial charge in [0.1, 0.15) is 0 Å². The van der Waals surface area contributed by atoms with Crippen molar-refractivity contribution >= 4 is 27.5 Å². The predicted octanol–water partition coefficient (Wildman–Crippen LogP) is 3.63. The lowest BCUT2D eigenvalue weighted by molar-refractivity contribution is -0.124. The first-order valence-electron chi connectivity index (χ1n) is 6.23. The summed E-state index contributed by atoms with van der Waals surface area (Å²) in [5.41, 5.74) is 2.13. The Labute approximate surface area is 110 Å². The smallest absolute Gasteiger partial charge is 0.237 e. The zero-order valence-corrected chi connectivity index (χ0v) is 11.6. The molecule has 1 aliphatic carbocycles. The first-order valence-corrected chi connectivity index (χ1v) is 7.03. The number of likely N-dealkylation sites (N-methyl/N-ethyl adjacent to an activating group) is 1. The third-order valence-electron chi connectivity index (χ3n) is 4.26. The summed E-state index contributed by atoms with van der Waals surface area (Å²) in [5, 5.41) is 0. The van der Waals surface area contributed by atoms with Crippen LogP contribution in [0.3, 0.4) is 0 Å². The molecule has 0 aromatic heterocycles. The van der Waals surface area contributed by atoms with Crippen LogP contribution in [0.5, 0.6) is 0 Å². The van der Waals surface area contributed by atoms with E-state index < -0.39 is 0 Å². The molecule has 3 rings (SSSR count). The van der Waals surface area contributed by atoms with E-state index in [0.717, 1.165) is 23.0 Å². The normalized spacial score (nSPS) is 22.0. The monoisotopic (exact) mass is 293 g/mol. The van der Waals surface area contributed by atoms with Crippen molar-refractivity contribution in [2.45, 2.75) is 37.5 Å². The van der Waals surface area contributed by atoms with Crippen molar-refractivity contribution in [1.29, 1.82) is 0 Å². The Kier molecular flexibility index (Phi) is 2.54. The van der Waals surface area contributed by atoms with Crippen LogP contribution in [0.1, 0.15) is 37.7 Å². The summed E-state index contributed by atoms with van der Waals surface area (Å²) in [7, 11) is 1.90. The number of halogens is 1. The van der Waals surface area contributed by atoms with Gasteiger partial charge in [-0.3, -0.25) is 4.79 Å². The fourth-order valence-corrected chi connectivity index (χ4v) is 3.72. The first kappa shape index (κ1) is 11.3. The van der Waals surface area contributed by atoms with Gasteiger partial charge in [0.2, 0.25) is 5.91 Å². The molecule has 1 aromatic rings. The average molecular weight is 294 g/mol. The topological polar surface area (TPSA) is 20.3 Å². The van der Waals surface area contributed by atoms with Crippen LogP contribution in [-0.4, -0.2) is 13.0 Å². The maximum Gasteiger partial charge on any atom is 0.237 e. The fourth-order valence-electron chi connectivity index (χ4n) is 3.37. The number of benzene rings is 1. The third kappa shape index (κ3) is 1.48. The number of amides is 1. The molecule has 90 valence electrons.